The Morgan fingerprint density at radius 2 is 1.87 bits per heavy atom. The number of nitrogens with two attached hydrogens (primary N) is 1. The van der Waals surface area contributed by atoms with E-state index in [0.717, 1.165) is 43.2 Å². The van der Waals surface area contributed by atoms with Gasteiger partial charge in [0.05, 0.1) is 43.6 Å². The van der Waals surface area contributed by atoms with E-state index in [-0.39, 0.29) is 0 Å². The minimum absolute atomic E-state index is 0.572. The number of aromatic nitrogens is 2. The van der Waals surface area contributed by atoms with Gasteiger partial charge in [0.2, 0.25) is 5.88 Å². The van der Waals surface area contributed by atoms with Gasteiger partial charge in [-0.1, -0.05) is 13.8 Å². The van der Waals surface area contributed by atoms with Gasteiger partial charge in [-0.05, 0) is 12.1 Å². The van der Waals surface area contributed by atoms with Crippen LogP contribution in [-0.4, -0.2) is 43.4 Å². The molecule has 1 aliphatic rings. The fraction of sp³-hybridized carbons (Fsp3) is 0.412. The lowest BCUT2D eigenvalue weighted by Crippen LogP contribution is -2.36. The smallest absolute Gasteiger partial charge is 0.212 e. The molecule has 0 aromatic carbocycles. The van der Waals surface area contributed by atoms with Gasteiger partial charge in [-0.25, -0.2) is 4.98 Å². The van der Waals surface area contributed by atoms with Crippen LogP contribution in [0.2, 0.25) is 0 Å². The topological polar surface area (TPSA) is 73.5 Å². The molecule has 2 N–H and O–H groups in total. The third kappa shape index (κ3) is 4.10. The van der Waals surface area contributed by atoms with Crippen LogP contribution in [0.25, 0.3) is 11.3 Å². The highest BCUT2D eigenvalue weighted by Gasteiger charge is 2.14. The van der Waals surface area contributed by atoms with Crippen LogP contribution in [0.3, 0.4) is 0 Å². The first-order chi connectivity index (χ1) is 11.3. The lowest BCUT2D eigenvalue weighted by atomic mass is 10.1. The minimum atomic E-state index is 0.572. The lowest BCUT2D eigenvalue weighted by Gasteiger charge is -2.28. The maximum Gasteiger partial charge on any atom is 0.212 e. The van der Waals surface area contributed by atoms with E-state index < -0.39 is 0 Å². The van der Waals surface area contributed by atoms with Crippen LogP contribution >= 0.6 is 0 Å². The number of rotatable bonds is 3. The van der Waals surface area contributed by atoms with Crippen molar-refractivity contribution in [1.29, 1.82) is 0 Å². The van der Waals surface area contributed by atoms with Crippen LogP contribution in [-0.2, 0) is 4.74 Å². The molecule has 1 aliphatic heterocycles. The largest absolute Gasteiger partial charge is 0.481 e. The molecule has 0 aliphatic carbocycles. The molecule has 3 heterocycles. The zero-order chi connectivity index (χ0) is 16.7. The third-order valence-corrected chi connectivity index (χ3v) is 3.50. The van der Waals surface area contributed by atoms with Crippen molar-refractivity contribution in [2.75, 3.05) is 44.0 Å². The van der Waals surface area contributed by atoms with Gasteiger partial charge in [0.1, 0.15) is 0 Å². The van der Waals surface area contributed by atoms with E-state index in [0.29, 0.717) is 11.6 Å². The summed E-state index contributed by atoms with van der Waals surface area (Å²) in [6, 6.07) is 5.66. The Morgan fingerprint density at radius 1 is 1.13 bits per heavy atom. The molecule has 0 radical (unpaired) electrons. The molecule has 1 saturated heterocycles. The van der Waals surface area contributed by atoms with Gasteiger partial charge in [-0.3, -0.25) is 4.98 Å². The number of anilines is 2. The Labute approximate surface area is 137 Å². The second-order valence-electron chi connectivity index (χ2n) is 4.82. The molecule has 0 unspecified atom stereocenters. The van der Waals surface area contributed by atoms with Crippen molar-refractivity contribution in [3.63, 3.8) is 0 Å². The van der Waals surface area contributed by atoms with Gasteiger partial charge in [0.25, 0.3) is 0 Å². The lowest BCUT2D eigenvalue weighted by molar-refractivity contribution is 0.122. The fourth-order valence-electron chi connectivity index (χ4n) is 2.35. The molecule has 3 rings (SSSR count). The van der Waals surface area contributed by atoms with Crippen LogP contribution in [0.4, 0.5) is 11.4 Å². The molecular formula is C17H24N4O2. The van der Waals surface area contributed by atoms with E-state index in [1.165, 1.54) is 0 Å². The Bertz CT molecular complexity index is 610. The number of hydrogen-bond donors (Lipinski definition) is 1. The summed E-state index contributed by atoms with van der Waals surface area (Å²) >= 11 is 0. The van der Waals surface area contributed by atoms with Crippen molar-refractivity contribution in [3.05, 3.63) is 30.6 Å². The average Bonchev–Trinajstić information content (AvgIpc) is 2.64. The summed E-state index contributed by atoms with van der Waals surface area (Å²) < 4.78 is 10.4. The van der Waals surface area contributed by atoms with Crippen molar-refractivity contribution < 1.29 is 9.47 Å². The predicted molar refractivity (Wildman–Crippen MR) is 92.8 cm³/mol. The van der Waals surface area contributed by atoms with Crippen molar-refractivity contribution >= 4 is 11.4 Å². The second-order valence-corrected chi connectivity index (χ2v) is 4.82. The monoisotopic (exact) mass is 316 g/mol. The Hall–Kier alpha value is -2.34. The van der Waals surface area contributed by atoms with E-state index in [4.69, 9.17) is 15.2 Å². The number of morpholine rings is 1. The van der Waals surface area contributed by atoms with Gasteiger partial charge in [0.15, 0.2) is 0 Å². The zero-order valence-corrected chi connectivity index (χ0v) is 14.0. The molecule has 23 heavy (non-hydrogen) atoms. The number of methoxy groups -OCH3 is 1. The van der Waals surface area contributed by atoms with E-state index in [9.17, 15) is 0 Å². The summed E-state index contributed by atoms with van der Waals surface area (Å²) in [6.45, 7) is 7.21. The molecule has 2 aromatic rings. The molecular weight excluding hydrogens is 292 g/mol. The first-order valence-corrected chi connectivity index (χ1v) is 7.86. The highest BCUT2D eigenvalue weighted by atomic mass is 16.5. The van der Waals surface area contributed by atoms with Crippen LogP contribution < -0.4 is 15.4 Å². The summed E-state index contributed by atoms with van der Waals surface area (Å²) in [4.78, 5) is 10.9. The Balaban J connectivity index is 0.000000924. The van der Waals surface area contributed by atoms with Crippen molar-refractivity contribution in [2.45, 2.75) is 13.8 Å². The first kappa shape index (κ1) is 17.0. The molecule has 124 valence electrons. The van der Waals surface area contributed by atoms with Crippen LogP contribution in [0.15, 0.2) is 30.6 Å². The highest BCUT2D eigenvalue weighted by Crippen LogP contribution is 2.27. The molecule has 0 amide bonds. The molecule has 0 bridgehead atoms. The standard InChI is InChI=1S/C15H18N4O2.C2H6/c1-20-14-3-2-11(9-17-14)15-13(16)8-12(10-18-15)19-4-6-21-7-5-19;1-2/h2-3,8-10H,4-7,16H2,1H3;1-2H3. The van der Waals surface area contributed by atoms with Crippen LogP contribution in [0, 0.1) is 0 Å². The minimum Gasteiger partial charge on any atom is -0.481 e. The Morgan fingerprint density at radius 3 is 2.43 bits per heavy atom. The first-order valence-electron chi connectivity index (χ1n) is 7.86. The normalized spacial score (nSPS) is 14.0. The third-order valence-electron chi connectivity index (χ3n) is 3.50. The number of hydrogen-bond acceptors (Lipinski definition) is 6. The van der Waals surface area contributed by atoms with Crippen molar-refractivity contribution in [2.24, 2.45) is 0 Å². The summed E-state index contributed by atoms with van der Waals surface area (Å²) in [5.74, 6) is 0.572. The number of nitrogens with zero attached hydrogens (tertiary/aromatic N) is 3. The van der Waals surface area contributed by atoms with Crippen molar-refractivity contribution in [1.82, 2.24) is 9.97 Å². The van der Waals surface area contributed by atoms with Crippen molar-refractivity contribution in [3.8, 4) is 17.1 Å². The summed E-state index contributed by atoms with van der Waals surface area (Å²) in [7, 11) is 1.59. The number of nitrogen functional groups attached to an aromatic ring is 1. The van der Waals surface area contributed by atoms with Gasteiger partial charge in [-0.15, -0.1) is 0 Å². The average molecular weight is 316 g/mol. The highest BCUT2D eigenvalue weighted by molar-refractivity contribution is 5.75. The van der Waals surface area contributed by atoms with E-state index >= 15 is 0 Å². The SMILES string of the molecule is CC.COc1ccc(-c2ncc(N3CCOCC3)cc2N)cn1. The molecule has 0 spiro atoms. The van der Waals surface area contributed by atoms with Gasteiger partial charge in [0, 0.05) is 30.9 Å². The van der Waals surface area contributed by atoms with Gasteiger partial charge in [-0.2, -0.15) is 0 Å². The molecule has 6 heteroatoms. The van der Waals surface area contributed by atoms with Crippen LogP contribution in [0.1, 0.15) is 13.8 Å². The molecule has 2 aromatic heterocycles. The summed E-state index contributed by atoms with van der Waals surface area (Å²) in [6.07, 6.45) is 3.56. The quantitative estimate of drug-likeness (QED) is 0.938. The Kier molecular flexibility index (Phi) is 6.17. The fourth-order valence-corrected chi connectivity index (χ4v) is 2.35. The molecule has 0 saturated carbocycles. The van der Waals surface area contributed by atoms with E-state index in [2.05, 4.69) is 14.9 Å². The summed E-state index contributed by atoms with van der Waals surface area (Å²) in [5, 5.41) is 0. The van der Waals surface area contributed by atoms with Crippen LogP contribution in [0.5, 0.6) is 5.88 Å². The van der Waals surface area contributed by atoms with E-state index in [1.807, 2.05) is 32.2 Å². The van der Waals surface area contributed by atoms with Gasteiger partial charge < -0.3 is 20.1 Å². The predicted octanol–water partition coefficient (Wildman–Crippen LogP) is 2.60. The molecule has 6 nitrogen and oxygen atoms in total. The maximum atomic E-state index is 6.15. The maximum absolute atomic E-state index is 6.15. The number of ether oxygens (including phenoxy) is 2. The molecule has 0 atom stereocenters. The summed E-state index contributed by atoms with van der Waals surface area (Å²) in [5.41, 5.74) is 9.44. The zero-order valence-electron chi connectivity index (χ0n) is 14.0. The number of pyridine rings is 2. The van der Waals surface area contributed by atoms with Gasteiger partial charge >= 0.3 is 0 Å². The second kappa shape index (κ2) is 8.33. The molecule has 1 fully saturated rings. The van der Waals surface area contributed by atoms with E-state index in [1.54, 1.807) is 19.4 Å².